The number of halogens is 1. The second-order valence-corrected chi connectivity index (χ2v) is 11.7. The lowest BCUT2D eigenvalue weighted by atomic mass is 9.79. The molecule has 5 rings (SSSR count). The summed E-state index contributed by atoms with van der Waals surface area (Å²) < 4.78 is 26.7. The predicted molar refractivity (Wildman–Crippen MR) is 152 cm³/mol. The maximum Gasteiger partial charge on any atom is 0.303 e. The first-order valence-electron chi connectivity index (χ1n) is 13.8. The van der Waals surface area contributed by atoms with Gasteiger partial charge in [0.05, 0.1) is 13.5 Å². The third-order valence-electron chi connectivity index (χ3n) is 8.46. The van der Waals surface area contributed by atoms with Gasteiger partial charge in [-0.2, -0.15) is 0 Å². The van der Waals surface area contributed by atoms with Gasteiger partial charge in [0.25, 0.3) is 0 Å². The molecular weight excluding hydrogens is 491 g/mol. The average molecular weight is 529 g/mol. The topological polar surface area (TPSA) is 55.8 Å². The minimum absolute atomic E-state index is 0.00114. The summed E-state index contributed by atoms with van der Waals surface area (Å²) in [5, 5.41) is 9.47. The lowest BCUT2D eigenvalue weighted by molar-refractivity contribution is -0.137. The van der Waals surface area contributed by atoms with Crippen LogP contribution in [0.25, 0.3) is 16.7 Å². The molecule has 2 aliphatic carbocycles. The SMILES string of the molecule is COc1ccc(F)c(-c2ccc(COc3cccc([C@@H](CC(=O)O)[C@@H]4C[C@@H]4C)c3)cc2C2=CCCC2(C)C)c1. The van der Waals surface area contributed by atoms with Gasteiger partial charge in [-0.15, -0.1) is 0 Å². The Morgan fingerprint density at radius 3 is 2.51 bits per heavy atom. The molecule has 0 unspecified atom stereocenters. The van der Waals surface area contributed by atoms with Gasteiger partial charge in [0.1, 0.15) is 23.9 Å². The summed E-state index contributed by atoms with van der Waals surface area (Å²) in [5.41, 5.74) is 5.59. The van der Waals surface area contributed by atoms with Crippen molar-refractivity contribution in [3.05, 3.63) is 89.2 Å². The predicted octanol–water partition coefficient (Wildman–Crippen LogP) is 8.50. The normalized spacial score (nSPS) is 20.3. The molecule has 1 N–H and O–H groups in total. The van der Waals surface area contributed by atoms with Crippen LogP contribution >= 0.6 is 0 Å². The van der Waals surface area contributed by atoms with Crippen LogP contribution in [0.15, 0.2) is 66.7 Å². The second kappa shape index (κ2) is 10.9. The van der Waals surface area contributed by atoms with Crippen LogP contribution in [-0.2, 0) is 11.4 Å². The van der Waals surface area contributed by atoms with Crippen LogP contribution in [0.1, 0.15) is 69.1 Å². The third kappa shape index (κ3) is 5.88. The zero-order valence-electron chi connectivity index (χ0n) is 23.2. The van der Waals surface area contributed by atoms with Crippen LogP contribution in [0.5, 0.6) is 11.5 Å². The molecule has 1 fully saturated rings. The van der Waals surface area contributed by atoms with Gasteiger partial charge in [-0.3, -0.25) is 4.79 Å². The summed E-state index contributed by atoms with van der Waals surface area (Å²) in [6.45, 7) is 7.01. The molecule has 0 heterocycles. The number of ether oxygens (including phenoxy) is 2. The van der Waals surface area contributed by atoms with Crippen LogP contribution < -0.4 is 9.47 Å². The van der Waals surface area contributed by atoms with E-state index in [4.69, 9.17) is 9.47 Å². The Morgan fingerprint density at radius 1 is 1.05 bits per heavy atom. The van der Waals surface area contributed by atoms with Crippen LogP contribution in [-0.4, -0.2) is 18.2 Å². The summed E-state index contributed by atoms with van der Waals surface area (Å²) in [5.74, 6) is 1.25. The Labute approximate surface area is 230 Å². The molecule has 0 saturated heterocycles. The number of hydrogen-bond acceptors (Lipinski definition) is 3. The summed E-state index contributed by atoms with van der Waals surface area (Å²) >= 11 is 0. The fourth-order valence-corrected chi connectivity index (χ4v) is 6.06. The molecule has 3 atom stereocenters. The highest BCUT2D eigenvalue weighted by Gasteiger charge is 2.41. The highest BCUT2D eigenvalue weighted by molar-refractivity contribution is 5.85. The van der Waals surface area contributed by atoms with Crippen LogP contribution in [0.2, 0.25) is 0 Å². The van der Waals surface area contributed by atoms with Gasteiger partial charge in [0, 0.05) is 5.56 Å². The number of rotatable bonds is 10. The van der Waals surface area contributed by atoms with E-state index in [0.29, 0.717) is 29.8 Å². The first-order valence-corrected chi connectivity index (χ1v) is 13.8. The highest BCUT2D eigenvalue weighted by Crippen LogP contribution is 2.50. The van der Waals surface area contributed by atoms with Crippen molar-refractivity contribution >= 4 is 11.5 Å². The number of allylic oxidation sites excluding steroid dienone is 2. The summed E-state index contributed by atoms with van der Waals surface area (Å²) in [7, 11) is 1.59. The van der Waals surface area contributed by atoms with Crippen molar-refractivity contribution in [2.45, 2.75) is 59.0 Å². The maximum absolute atomic E-state index is 15.1. The lowest BCUT2D eigenvalue weighted by Crippen LogP contribution is -2.11. The van der Waals surface area contributed by atoms with Crippen molar-refractivity contribution in [2.24, 2.45) is 17.3 Å². The van der Waals surface area contributed by atoms with Crippen LogP contribution in [0.3, 0.4) is 0 Å². The van der Waals surface area contributed by atoms with Crippen LogP contribution in [0.4, 0.5) is 4.39 Å². The zero-order valence-corrected chi connectivity index (χ0v) is 23.2. The number of carboxylic acids is 1. The first kappa shape index (κ1) is 27.0. The monoisotopic (exact) mass is 528 g/mol. The molecule has 1 saturated carbocycles. The van der Waals surface area contributed by atoms with Gasteiger partial charge in [-0.1, -0.05) is 51.1 Å². The molecule has 0 aliphatic heterocycles. The van der Waals surface area contributed by atoms with E-state index in [-0.39, 0.29) is 23.6 Å². The molecule has 3 aromatic rings. The number of carboxylic acid groups (broad SMARTS) is 1. The molecule has 4 nitrogen and oxygen atoms in total. The quantitative estimate of drug-likeness (QED) is 0.287. The standard InChI is InChI=1S/C34H37FO4/c1-21-15-27(21)28(19-33(36)37)23-7-5-8-25(17-23)39-20-22-10-12-26(30-18-24(38-4)11-13-32(30)35)29(16-22)31-9-6-14-34(31,2)3/h5,7-13,16-18,21,27-28H,6,14-15,19-20H2,1-4H3,(H,36,37)/t21-,27+,28+/m0/s1. The van der Waals surface area contributed by atoms with Gasteiger partial charge in [-0.05, 0) is 107 Å². The number of benzene rings is 3. The highest BCUT2D eigenvalue weighted by atomic mass is 19.1. The van der Waals surface area contributed by atoms with E-state index in [1.165, 1.54) is 11.6 Å². The minimum atomic E-state index is -0.769. The molecule has 204 valence electrons. The zero-order chi connectivity index (χ0) is 27.7. The Morgan fingerprint density at radius 2 is 1.85 bits per heavy atom. The number of hydrogen-bond donors (Lipinski definition) is 1. The van der Waals surface area contributed by atoms with Gasteiger partial charge in [-0.25, -0.2) is 4.39 Å². The maximum atomic E-state index is 15.1. The van der Waals surface area contributed by atoms with E-state index >= 15 is 4.39 Å². The molecule has 3 aromatic carbocycles. The fourth-order valence-electron chi connectivity index (χ4n) is 6.06. The minimum Gasteiger partial charge on any atom is -0.497 e. The van der Waals surface area contributed by atoms with Gasteiger partial charge < -0.3 is 14.6 Å². The molecular formula is C34H37FO4. The van der Waals surface area contributed by atoms with E-state index in [0.717, 1.165) is 47.3 Å². The van der Waals surface area contributed by atoms with Gasteiger partial charge in [0.15, 0.2) is 0 Å². The van der Waals surface area contributed by atoms with E-state index in [2.05, 4.69) is 32.9 Å². The van der Waals surface area contributed by atoms with Crippen molar-refractivity contribution in [1.29, 1.82) is 0 Å². The number of methoxy groups -OCH3 is 1. The summed E-state index contributed by atoms with van der Waals surface area (Å²) in [6.07, 6.45) is 5.51. The third-order valence-corrected chi connectivity index (χ3v) is 8.46. The smallest absolute Gasteiger partial charge is 0.303 e. The Hall–Kier alpha value is -3.60. The summed E-state index contributed by atoms with van der Waals surface area (Å²) in [6, 6.07) is 18.8. The van der Waals surface area contributed by atoms with Crippen molar-refractivity contribution in [3.8, 4) is 22.6 Å². The Bertz CT molecular complexity index is 1410. The molecule has 2 aliphatic rings. The van der Waals surface area contributed by atoms with E-state index in [1.54, 1.807) is 19.2 Å². The van der Waals surface area contributed by atoms with E-state index in [1.807, 2.05) is 36.4 Å². The van der Waals surface area contributed by atoms with Crippen LogP contribution in [0, 0.1) is 23.1 Å². The first-order chi connectivity index (χ1) is 18.7. The molecule has 5 heteroatoms. The van der Waals surface area contributed by atoms with Crippen molar-refractivity contribution < 1.29 is 23.8 Å². The number of carbonyl (C=O) groups is 1. The van der Waals surface area contributed by atoms with Gasteiger partial charge >= 0.3 is 5.97 Å². The molecule has 0 bridgehead atoms. The molecule has 0 spiro atoms. The van der Waals surface area contributed by atoms with Gasteiger partial charge in [0.2, 0.25) is 0 Å². The molecule has 0 radical (unpaired) electrons. The Balaban J connectivity index is 1.44. The van der Waals surface area contributed by atoms with Crippen molar-refractivity contribution in [1.82, 2.24) is 0 Å². The fraction of sp³-hybridized carbons (Fsp3) is 0.382. The van der Waals surface area contributed by atoms with E-state index in [9.17, 15) is 9.90 Å². The van der Waals surface area contributed by atoms with Crippen molar-refractivity contribution in [3.63, 3.8) is 0 Å². The Kier molecular flexibility index (Phi) is 7.53. The van der Waals surface area contributed by atoms with Crippen molar-refractivity contribution in [2.75, 3.05) is 7.11 Å². The summed E-state index contributed by atoms with van der Waals surface area (Å²) in [4.78, 5) is 11.5. The number of aliphatic carboxylic acids is 1. The molecule has 39 heavy (non-hydrogen) atoms. The largest absolute Gasteiger partial charge is 0.497 e. The second-order valence-electron chi connectivity index (χ2n) is 11.7. The average Bonchev–Trinajstić information content (AvgIpc) is 3.53. The molecule has 0 aromatic heterocycles. The van der Waals surface area contributed by atoms with E-state index < -0.39 is 5.97 Å². The molecule has 0 amide bonds. The lowest BCUT2D eigenvalue weighted by Gasteiger charge is -2.25.